The van der Waals surface area contributed by atoms with E-state index in [-0.39, 0.29) is 12.6 Å². The lowest BCUT2D eigenvalue weighted by molar-refractivity contribution is -0.142. The van der Waals surface area contributed by atoms with Gasteiger partial charge in [-0.2, -0.15) is 0 Å². The molecule has 0 aliphatic heterocycles. The molecule has 0 saturated heterocycles. The first-order valence-corrected chi connectivity index (χ1v) is 5.39. The highest BCUT2D eigenvalue weighted by Gasteiger charge is 2.07. The van der Waals surface area contributed by atoms with Gasteiger partial charge in [0, 0.05) is 17.0 Å². The summed E-state index contributed by atoms with van der Waals surface area (Å²) in [5, 5.41) is 0. The molecule has 15 heavy (non-hydrogen) atoms. The Bertz CT molecular complexity index is 397. The topological polar surface area (TPSA) is 26.3 Å². The van der Waals surface area contributed by atoms with Crippen LogP contribution in [0.4, 0.5) is 0 Å². The van der Waals surface area contributed by atoms with Gasteiger partial charge in [-0.25, -0.2) is 0 Å². The fraction of sp³-hybridized carbons (Fsp3) is 0.250. The number of benzene rings is 1. The zero-order chi connectivity index (χ0) is 11.4. The molecule has 3 heteroatoms. The van der Waals surface area contributed by atoms with Crippen molar-refractivity contribution in [3.05, 3.63) is 39.9 Å². The molecule has 1 aromatic rings. The summed E-state index contributed by atoms with van der Waals surface area (Å²) in [6.45, 7) is 7.45. The molecule has 80 valence electrons. The molecule has 0 spiro atoms. The molecule has 0 unspecified atom stereocenters. The molecular formula is C12H13BrO2. The van der Waals surface area contributed by atoms with Crippen molar-refractivity contribution in [2.24, 2.45) is 0 Å². The molecule has 0 saturated carbocycles. The van der Waals surface area contributed by atoms with Gasteiger partial charge in [-0.15, -0.1) is 0 Å². The zero-order valence-corrected chi connectivity index (χ0v) is 10.4. The first-order valence-electron chi connectivity index (χ1n) is 4.60. The maximum absolute atomic E-state index is 10.7. The number of aryl methyl sites for hydroxylation is 1. The maximum atomic E-state index is 10.7. The lowest BCUT2D eigenvalue weighted by Crippen LogP contribution is -2.00. The van der Waals surface area contributed by atoms with Gasteiger partial charge in [0.05, 0.1) is 0 Å². The number of carbonyl (C=O) groups is 1. The fourth-order valence-electron chi connectivity index (χ4n) is 1.28. The standard InChI is InChI=1S/C12H13BrO2/c1-4-11-8(2)5-6-10(12(11)13)7-15-9(3)14/h4-6H,1,7H2,2-3H3. The number of ether oxygens (including phenoxy) is 1. The van der Waals surface area contributed by atoms with Gasteiger partial charge in [0.1, 0.15) is 6.61 Å². The highest BCUT2D eigenvalue weighted by atomic mass is 79.9. The van der Waals surface area contributed by atoms with Gasteiger partial charge in [0.15, 0.2) is 0 Å². The predicted molar refractivity (Wildman–Crippen MR) is 64.4 cm³/mol. The number of esters is 1. The molecule has 0 radical (unpaired) electrons. The summed E-state index contributed by atoms with van der Waals surface area (Å²) in [6.07, 6.45) is 1.79. The molecule has 0 aromatic heterocycles. The summed E-state index contributed by atoms with van der Waals surface area (Å²) in [5.74, 6) is -0.275. The molecule has 0 heterocycles. The number of halogens is 1. The Morgan fingerprint density at radius 1 is 1.60 bits per heavy atom. The first-order chi connectivity index (χ1) is 7.06. The lowest BCUT2D eigenvalue weighted by atomic mass is 10.1. The van der Waals surface area contributed by atoms with Crippen molar-refractivity contribution < 1.29 is 9.53 Å². The van der Waals surface area contributed by atoms with E-state index in [1.807, 2.05) is 19.1 Å². The molecular weight excluding hydrogens is 256 g/mol. The summed E-state index contributed by atoms with van der Waals surface area (Å²) in [7, 11) is 0. The first kappa shape index (κ1) is 12.0. The van der Waals surface area contributed by atoms with Crippen LogP contribution in [0, 0.1) is 6.92 Å². The van der Waals surface area contributed by atoms with Gasteiger partial charge in [-0.05, 0) is 34.0 Å². The van der Waals surface area contributed by atoms with E-state index in [1.165, 1.54) is 6.92 Å². The van der Waals surface area contributed by atoms with Crippen LogP contribution in [0.25, 0.3) is 6.08 Å². The van der Waals surface area contributed by atoms with Crippen molar-refractivity contribution in [3.8, 4) is 0 Å². The molecule has 0 amide bonds. The second kappa shape index (κ2) is 5.12. The minimum atomic E-state index is -0.275. The van der Waals surface area contributed by atoms with Gasteiger partial charge in [0.2, 0.25) is 0 Å². The minimum Gasteiger partial charge on any atom is -0.461 e. The van der Waals surface area contributed by atoms with Crippen LogP contribution in [0.5, 0.6) is 0 Å². The Balaban J connectivity index is 2.99. The van der Waals surface area contributed by atoms with Crippen molar-refractivity contribution >= 4 is 28.0 Å². The Kier molecular flexibility index (Phi) is 4.09. The van der Waals surface area contributed by atoms with Crippen LogP contribution in [-0.2, 0) is 16.1 Å². The molecule has 0 N–H and O–H groups in total. The Labute approximate surface area is 98.1 Å². The molecule has 0 bridgehead atoms. The second-order valence-corrected chi connectivity index (χ2v) is 4.05. The van der Waals surface area contributed by atoms with E-state index in [0.717, 1.165) is 21.2 Å². The number of hydrogen-bond donors (Lipinski definition) is 0. The Morgan fingerprint density at radius 2 is 2.27 bits per heavy atom. The monoisotopic (exact) mass is 268 g/mol. The summed E-state index contributed by atoms with van der Waals surface area (Å²) in [4.78, 5) is 10.7. The summed E-state index contributed by atoms with van der Waals surface area (Å²) in [5.41, 5.74) is 3.13. The smallest absolute Gasteiger partial charge is 0.302 e. The van der Waals surface area contributed by atoms with E-state index >= 15 is 0 Å². The molecule has 1 rings (SSSR count). The van der Waals surface area contributed by atoms with E-state index in [4.69, 9.17) is 4.74 Å². The quantitative estimate of drug-likeness (QED) is 0.785. The van der Waals surface area contributed by atoms with Gasteiger partial charge >= 0.3 is 5.97 Å². The van der Waals surface area contributed by atoms with Crippen molar-refractivity contribution in [2.75, 3.05) is 0 Å². The van der Waals surface area contributed by atoms with Crippen molar-refractivity contribution in [1.82, 2.24) is 0 Å². The third kappa shape index (κ3) is 2.93. The van der Waals surface area contributed by atoms with Gasteiger partial charge in [-0.3, -0.25) is 4.79 Å². The van der Waals surface area contributed by atoms with Crippen LogP contribution in [0.15, 0.2) is 23.2 Å². The van der Waals surface area contributed by atoms with Gasteiger partial charge < -0.3 is 4.74 Å². The number of carbonyl (C=O) groups excluding carboxylic acids is 1. The summed E-state index contributed by atoms with van der Waals surface area (Å²) >= 11 is 3.48. The largest absolute Gasteiger partial charge is 0.461 e. The SMILES string of the molecule is C=Cc1c(C)ccc(COC(C)=O)c1Br. The highest BCUT2D eigenvalue weighted by Crippen LogP contribution is 2.26. The molecule has 0 atom stereocenters. The van der Waals surface area contributed by atoms with E-state index < -0.39 is 0 Å². The predicted octanol–water partition coefficient (Wildman–Crippen LogP) is 3.46. The normalized spacial score (nSPS) is 9.80. The molecule has 0 fully saturated rings. The summed E-state index contributed by atoms with van der Waals surface area (Å²) in [6, 6.07) is 3.93. The Morgan fingerprint density at radius 3 is 2.80 bits per heavy atom. The van der Waals surface area contributed by atoms with E-state index in [2.05, 4.69) is 22.5 Å². The van der Waals surface area contributed by atoms with E-state index in [9.17, 15) is 4.79 Å². The van der Waals surface area contributed by atoms with Crippen LogP contribution in [-0.4, -0.2) is 5.97 Å². The van der Waals surface area contributed by atoms with Crippen LogP contribution < -0.4 is 0 Å². The third-order valence-corrected chi connectivity index (χ3v) is 3.05. The minimum absolute atomic E-state index is 0.275. The van der Waals surface area contributed by atoms with Crippen LogP contribution in [0.1, 0.15) is 23.6 Å². The van der Waals surface area contributed by atoms with Crippen LogP contribution >= 0.6 is 15.9 Å². The molecule has 2 nitrogen and oxygen atoms in total. The lowest BCUT2D eigenvalue weighted by Gasteiger charge is -2.09. The number of hydrogen-bond acceptors (Lipinski definition) is 2. The van der Waals surface area contributed by atoms with E-state index in [1.54, 1.807) is 6.08 Å². The van der Waals surface area contributed by atoms with Crippen molar-refractivity contribution in [3.63, 3.8) is 0 Å². The number of rotatable bonds is 3. The second-order valence-electron chi connectivity index (χ2n) is 3.25. The average molecular weight is 269 g/mol. The summed E-state index contributed by atoms with van der Waals surface area (Å²) < 4.78 is 5.89. The Hall–Kier alpha value is -1.09. The zero-order valence-electron chi connectivity index (χ0n) is 8.84. The molecule has 0 aliphatic rings. The third-order valence-electron chi connectivity index (χ3n) is 2.11. The highest BCUT2D eigenvalue weighted by molar-refractivity contribution is 9.10. The maximum Gasteiger partial charge on any atom is 0.302 e. The molecule has 0 aliphatic carbocycles. The van der Waals surface area contributed by atoms with Crippen molar-refractivity contribution in [1.29, 1.82) is 0 Å². The van der Waals surface area contributed by atoms with Crippen LogP contribution in [0.2, 0.25) is 0 Å². The van der Waals surface area contributed by atoms with Gasteiger partial charge in [0.25, 0.3) is 0 Å². The van der Waals surface area contributed by atoms with Gasteiger partial charge in [-0.1, -0.05) is 24.8 Å². The van der Waals surface area contributed by atoms with Crippen LogP contribution in [0.3, 0.4) is 0 Å². The molecule has 1 aromatic carbocycles. The van der Waals surface area contributed by atoms with E-state index in [0.29, 0.717) is 0 Å². The fourth-order valence-corrected chi connectivity index (χ4v) is 2.00. The average Bonchev–Trinajstić information content (AvgIpc) is 2.17. The van der Waals surface area contributed by atoms with Crippen molar-refractivity contribution in [2.45, 2.75) is 20.5 Å².